The fourth-order valence-corrected chi connectivity index (χ4v) is 2.58. The summed E-state index contributed by atoms with van der Waals surface area (Å²) in [5.41, 5.74) is 0.639. The summed E-state index contributed by atoms with van der Waals surface area (Å²) in [6, 6.07) is 1.40. The van der Waals surface area contributed by atoms with Gasteiger partial charge in [0, 0.05) is 24.5 Å². The molecule has 1 atom stereocenters. The Morgan fingerprint density at radius 1 is 1.36 bits per heavy atom. The van der Waals surface area contributed by atoms with Crippen LogP contribution < -0.4 is 20.3 Å². The molecule has 1 aliphatic heterocycles. The molecule has 0 spiro atoms. The van der Waals surface area contributed by atoms with Crippen LogP contribution in [-0.4, -0.2) is 43.6 Å². The molecule has 0 unspecified atom stereocenters. The van der Waals surface area contributed by atoms with Gasteiger partial charge >= 0.3 is 12.1 Å². The highest BCUT2D eigenvalue weighted by atomic mass is 79.9. The Labute approximate surface area is 148 Å². The van der Waals surface area contributed by atoms with Gasteiger partial charge in [-0.2, -0.15) is 13.2 Å². The lowest BCUT2D eigenvalue weighted by Gasteiger charge is -2.21. The van der Waals surface area contributed by atoms with E-state index in [1.54, 1.807) is 5.32 Å². The minimum absolute atomic E-state index is 0.173. The van der Waals surface area contributed by atoms with Gasteiger partial charge in [0.25, 0.3) is 5.91 Å². The number of hydrogen-bond acceptors (Lipinski definition) is 4. The van der Waals surface area contributed by atoms with E-state index < -0.39 is 30.6 Å². The maximum absolute atomic E-state index is 12.4. The van der Waals surface area contributed by atoms with Crippen LogP contribution in [0.25, 0.3) is 0 Å². The maximum atomic E-state index is 12.4. The van der Waals surface area contributed by atoms with Crippen molar-refractivity contribution in [3.05, 3.63) is 16.6 Å². The normalized spacial score (nSPS) is 17.3. The Morgan fingerprint density at radius 2 is 2.00 bits per heavy atom. The average molecular weight is 424 g/mol. The first-order valence-electron chi connectivity index (χ1n) is 6.90. The number of alkyl halides is 3. The third kappa shape index (κ3) is 4.21. The number of ether oxygens (including phenoxy) is 1. The molecule has 0 aromatic heterocycles. The second kappa shape index (κ2) is 6.90. The molecule has 1 heterocycles. The number of halogens is 4. The van der Waals surface area contributed by atoms with Gasteiger partial charge in [-0.15, -0.1) is 0 Å². The van der Waals surface area contributed by atoms with E-state index in [0.29, 0.717) is 10.2 Å². The molecule has 3 amide bonds. The van der Waals surface area contributed by atoms with Gasteiger partial charge in [0.05, 0.1) is 11.4 Å². The predicted octanol–water partition coefficient (Wildman–Crippen LogP) is 1.81. The molecule has 1 aliphatic rings. The molecule has 7 nitrogen and oxygen atoms in total. The van der Waals surface area contributed by atoms with Crippen LogP contribution in [0.1, 0.15) is 6.92 Å². The van der Waals surface area contributed by atoms with E-state index in [0.717, 1.165) is 4.90 Å². The second-order valence-electron chi connectivity index (χ2n) is 5.21. The zero-order valence-electron chi connectivity index (χ0n) is 13.0. The van der Waals surface area contributed by atoms with Gasteiger partial charge in [0.1, 0.15) is 18.4 Å². The molecule has 25 heavy (non-hydrogen) atoms. The monoisotopic (exact) mass is 423 g/mol. The van der Waals surface area contributed by atoms with Crippen molar-refractivity contribution in [3.63, 3.8) is 0 Å². The Kier molecular flexibility index (Phi) is 5.26. The number of hydrogen-bond donors (Lipinski definition) is 2. The summed E-state index contributed by atoms with van der Waals surface area (Å²) in [5.74, 6) is -3.16. The Hall–Kier alpha value is -2.30. The van der Waals surface area contributed by atoms with E-state index in [1.165, 1.54) is 26.1 Å². The molecule has 1 aromatic carbocycles. The first-order chi connectivity index (χ1) is 11.5. The number of anilines is 2. The first kappa shape index (κ1) is 19.0. The fraction of sp³-hybridized carbons (Fsp3) is 0.357. The number of nitrogens with one attached hydrogen (secondary N) is 2. The highest BCUT2D eigenvalue weighted by molar-refractivity contribution is 9.10. The zero-order chi connectivity index (χ0) is 18.9. The average Bonchev–Trinajstić information content (AvgIpc) is 2.59. The summed E-state index contributed by atoms with van der Waals surface area (Å²) in [5, 5.41) is 4.16. The van der Waals surface area contributed by atoms with Crippen molar-refractivity contribution in [2.24, 2.45) is 0 Å². The van der Waals surface area contributed by atoms with Crippen LogP contribution in [0, 0.1) is 0 Å². The number of carbonyl (C=O) groups excluding carboxylic acids is 3. The van der Waals surface area contributed by atoms with Crippen molar-refractivity contribution >= 4 is 45.0 Å². The molecule has 0 aliphatic carbocycles. The largest absolute Gasteiger partial charge is 0.489 e. The van der Waals surface area contributed by atoms with Crippen LogP contribution in [0.2, 0.25) is 0 Å². The molecule has 11 heteroatoms. The van der Waals surface area contributed by atoms with Crippen molar-refractivity contribution in [1.82, 2.24) is 5.32 Å². The molecule has 2 N–H and O–H groups in total. The predicted molar refractivity (Wildman–Crippen MR) is 85.3 cm³/mol. The van der Waals surface area contributed by atoms with Crippen molar-refractivity contribution in [2.45, 2.75) is 19.1 Å². The number of benzene rings is 1. The van der Waals surface area contributed by atoms with Crippen molar-refractivity contribution in [2.75, 3.05) is 23.9 Å². The minimum Gasteiger partial charge on any atom is -0.489 e. The van der Waals surface area contributed by atoms with Crippen LogP contribution in [0.3, 0.4) is 0 Å². The van der Waals surface area contributed by atoms with Crippen LogP contribution in [0.15, 0.2) is 16.6 Å². The fourth-order valence-electron chi connectivity index (χ4n) is 2.15. The number of amides is 3. The molecule has 0 saturated carbocycles. The Morgan fingerprint density at radius 3 is 2.56 bits per heavy atom. The summed E-state index contributed by atoms with van der Waals surface area (Å²) in [6.45, 7) is 0.816. The van der Waals surface area contributed by atoms with Gasteiger partial charge in [0.15, 0.2) is 0 Å². The molecule has 0 radical (unpaired) electrons. The smallest absolute Gasteiger partial charge is 0.471 e. The van der Waals surface area contributed by atoms with Crippen LogP contribution >= 0.6 is 15.9 Å². The molecule has 0 bridgehead atoms. The Bertz CT molecular complexity index is 739. The molecule has 1 aromatic rings. The first-order valence-corrected chi connectivity index (χ1v) is 7.69. The van der Waals surface area contributed by atoms with Crippen molar-refractivity contribution < 1.29 is 32.3 Å². The van der Waals surface area contributed by atoms with Crippen molar-refractivity contribution in [1.29, 1.82) is 0 Å². The molecule has 2 rings (SSSR count). The standard InChI is InChI=1S/C14H13BrF3N3O4/c1-6(22)19-8-4-11-10(3-7(8)15)21(2)12(23)9(5-25-11)20-13(24)14(16,17)18/h3-4,9H,5H2,1-2H3,(H,19,22)(H,20,24)/t9-/m0/s1. The van der Waals surface area contributed by atoms with E-state index in [9.17, 15) is 27.6 Å². The van der Waals surface area contributed by atoms with E-state index in [-0.39, 0.29) is 17.3 Å². The number of carbonyl (C=O) groups is 3. The van der Waals surface area contributed by atoms with Crippen LogP contribution in [0.5, 0.6) is 5.75 Å². The van der Waals surface area contributed by atoms with Crippen LogP contribution in [-0.2, 0) is 14.4 Å². The third-order valence-corrected chi connectivity index (χ3v) is 3.97. The van der Waals surface area contributed by atoms with E-state index in [2.05, 4.69) is 21.2 Å². The molecular formula is C14H13BrF3N3O4. The van der Waals surface area contributed by atoms with E-state index in [4.69, 9.17) is 4.74 Å². The van der Waals surface area contributed by atoms with Gasteiger partial charge in [0.2, 0.25) is 5.91 Å². The summed E-state index contributed by atoms with van der Waals surface area (Å²) < 4.78 is 43.0. The maximum Gasteiger partial charge on any atom is 0.471 e. The molecule has 0 saturated heterocycles. The summed E-state index contributed by atoms with van der Waals surface area (Å²) in [6.07, 6.45) is -5.11. The van der Waals surface area contributed by atoms with Crippen molar-refractivity contribution in [3.8, 4) is 5.75 Å². The number of fused-ring (bicyclic) bond motifs is 1. The number of nitrogens with zero attached hydrogens (tertiary/aromatic N) is 1. The molecule has 136 valence electrons. The Balaban J connectivity index is 2.31. The quantitative estimate of drug-likeness (QED) is 0.759. The lowest BCUT2D eigenvalue weighted by atomic mass is 10.2. The van der Waals surface area contributed by atoms with Gasteiger partial charge in [-0.25, -0.2) is 0 Å². The molecule has 0 fully saturated rings. The number of rotatable bonds is 2. The lowest BCUT2D eigenvalue weighted by molar-refractivity contribution is -0.174. The highest BCUT2D eigenvalue weighted by Gasteiger charge is 2.42. The minimum atomic E-state index is -5.11. The van der Waals surface area contributed by atoms with Gasteiger partial charge in [-0.3, -0.25) is 14.4 Å². The topological polar surface area (TPSA) is 87.7 Å². The summed E-state index contributed by atoms with van der Waals surface area (Å²) >= 11 is 3.23. The van der Waals surface area contributed by atoms with Gasteiger partial charge < -0.3 is 20.3 Å². The van der Waals surface area contributed by atoms with E-state index >= 15 is 0 Å². The molecular weight excluding hydrogens is 411 g/mol. The third-order valence-electron chi connectivity index (χ3n) is 3.32. The lowest BCUT2D eigenvalue weighted by Crippen LogP contribution is -2.52. The second-order valence-corrected chi connectivity index (χ2v) is 6.07. The number of likely N-dealkylation sites (N-methyl/N-ethyl adjacent to an activating group) is 1. The van der Waals surface area contributed by atoms with E-state index in [1.807, 2.05) is 0 Å². The summed E-state index contributed by atoms with van der Waals surface area (Å²) in [4.78, 5) is 35.7. The SMILES string of the molecule is CC(=O)Nc1cc2c(cc1Br)N(C)C(=O)[C@@H](NC(=O)C(F)(F)F)CO2. The summed E-state index contributed by atoms with van der Waals surface area (Å²) in [7, 11) is 1.34. The van der Waals surface area contributed by atoms with Crippen LogP contribution in [0.4, 0.5) is 24.5 Å². The highest BCUT2D eigenvalue weighted by Crippen LogP contribution is 2.38. The van der Waals surface area contributed by atoms with Gasteiger partial charge in [-0.1, -0.05) is 0 Å². The van der Waals surface area contributed by atoms with Gasteiger partial charge in [-0.05, 0) is 22.0 Å². The zero-order valence-corrected chi connectivity index (χ0v) is 14.6.